The normalized spacial score (nSPS) is 11.8. The fraction of sp³-hybridized carbons (Fsp3) is 0. The van der Waals surface area contributed by atoms with Crippen LogP contribution in [0, 0.1) is 0 Å². The Morgan fingerprint density at radius 3 is 1.78 bits per heavy atom. The highest BCUT2D eigenvalue weighted by Crippen LogP contribution is 2.39. The highest BCUT2D eigenvalue weighted by Gasteiger charge is 2.16. The summed E-state index contributed by atoms with van der Waals surface area (Å²) >= 11 is 0. The van der Waals surface area contributed by atoms with Gasteiger partial charge in [-0.1, -0.05) is 72.8 Å². The quantitative estimate of drug-likeness (QED) is 0.275. The molecule has 150 valence electrons. The third kappa shape index (κ3) is 2.35. The minimum absolute atomic E-state index is 1.18. The number of aromatic nitrogens is 2. The van der Waals surface area contributed by atoms with E-state index < -0.39 is 0 Å². The number of fused-ring (bicyclic) bond motifs is 7. The Morgan fingerprint density at radius 1 is 0.375 bits per heavy atom. The molecule has 7 aromatic rings. The molecule has 32 heavy (non-hydrogen) atoms. The van der Waals surface area contributed by atoms with E-state index in [-0.39, 0.29) is 0 Å². The van der Waals surface area contributed by atoms with Gasteiger partial charge in [-0.15, -0.1) is 0 Å². The minimum Gasteiger partial charge on any atom is -0.317 e. The van der Waals surface area contributed by atoms with Gasteiger partial charge in [0.15, 0.2) is 0 Å². The number of nitrogens with zero attached hydrogens (tertiary/aromatic N) is 2. The maximum absolute atomic E-state index is 2.41. The summed E-state index contributed by atoms with van der Waals surface area (Å²) in [5.41, 5.74) is 6.10. The Bertz CT molecular complexity index is 1750. The predicted molar refractivity (Wildman–Crippen MR) is 135 cm³/mol. The van der Waals surface area contributed by atoms with E-state index in [9.17, 15) is 0 Å². The molecule has 2 aromatic heterocycles. The van der Waals surface area contributed by atoms with Gasteiger partial charge in [0.1, 0.15) is 0 Å². The van der Waals surface area contributed by atoms with Crippen molar-refractivity contribution < 1.29 is 0 Å². The van der Waals surface area contributed by atoms with Crippen LogP contribution >= 0.6 is 0 Å². The number of hydrogen-bond donors (Lipinski definition) is 0. The summed E-state index contributed by atoms with van der Waals surface area (Å²) in [5.74, 6) is 0. The molecule has 2 heterocycles. The molecule has 0 aliphatic carbocycles. The van der Waals surface area contributed by atoms with Crippen LogP contribution in [0.15, 0.2) is 121 Å². The summed E-state index contributed by atoms with van der Waals surface area (Å²) in [5, 5.41) is 6.41. The first-order valence-corrected chi connectivity index (χ1v) is 11.0. The van der Waals surface area contributed by atoms with E-state index in [2.05, 4.69) is 131 Å². The Hall–Kier alpha value is -4.30. The van der Waals surface area contributed by atoms with E-state index in [0.717, 1.165) is 0 Å². The molecule has 0 amide bonds. The van der Waals surface area contributed by atoms with Crippen LogP contribution < -0.4 is 0 Å². The Balaban J connectivity index is 1.63. The van der Waals surface area contributed by atoms with Crippen LogP contribution in [0.25, 0.3) is 54.9 Å². The molecule has 0 fully saturated rings. The molecule has 2 nitrogen and oxygen atoms in total. The molecule has 0 radical (unpaired) electrons. The van der Waals surface area contributed by atoms with Crippen molar-refractivity contribution in [2.75, 3.05) is 0 Å². The molecule has 0 bridgehead atoms. The summed E-state index contributed by atoms with van der Waals surface area (Å²) in [4.78, 5) is 0. The largest absolute Gasteiger partial charge is 0.317 e. The molecule has 0 N–H and O–H groups in total. The van der Waals surface area contributed by atoms with Crippen molar-refractivity contribution in [2.45, 2.75) is 0 Å². The van der Waals surface area contributed by atoms with Crippen molar-refractivity contribution in [3.8, 4) is 11.4 Å². The van der Waals surface area contributed by atoms with Crippen LogP contribution in [0.4, 0.5) is 0 Å². The van der Waals surface area contributed by atoms with Crippen molar-refractivity contribution in [2.24, 2.45) is 0 Å². The second kappa shape index (κ2) is 6.60. The lowest BCUT2D eigenvalue weighted by atomic mass is 10.0. The standard InChI is InChI=1S/C30H20N2/c1-3-9-21(10-4-1)31-20-19-25-23-15-16-27-24-13-7-8-14-29(24)32(22-11-5-2-6-12-22)30(27)26(23)17-18-28(25)31/h1-20H. The second-order valence-electron chi connectivity index (χ2n) is 8.26. The minimum atomic E-state index is 1.18. The first kappa shape index (κ1) is 17.4. The van der Waals surface area contributed by atoms with Gasteiger partial charge in [-0.3, -0.25) is 0 Å². The molecule has 0 spiro atoms. The smallest absolute Gasteiger partial charge is 0.0619 e. The molecule has 5 aromatic carbocycles. The van der Waals surface area contributed by atoms with Crippen molar-refractivity contribution in [3.05, 3.63) is 121 Å². The number of hydrogen-bond acceptors (Lipinski definition) is 0. The van der Waals surface area contributed by atoms with Gasteiger partial charge in [0.05, 0.1) is 16.6 Å². The van der Waals surface area contributed by atoms with Crippen LogP contribution in [0.1, 0.15) is 0 Å². The molecular weight excluding hydrogens is 388 g/mol. The van der Waals surface area contributed by atoms with Gasteiger partial charge in [-0.25, -0.2) is 0 Å². The van der Waals surface area contributed by atoms with Gasteiger partial charge in [-0.05, 0) is 47.9 Å². The second-order valence-corrected chi connectivity index (χ2v) is 8.26. The summed E-state index contributed by atoms with van der Waals surface area (Å²) < 4.78 is 4.68. The Kier molecular flexibility index (Phi) is 3.58. The maximum Gasteiger partial charge on any atom is 0.0619 e. The maximum atomic E-state index is 2.41. The zero-order valence-corrected chi connectivity index (χ0v) is 17.4. The lowest BCUT2D eigenvalue weighted by Crippen LogP contribution is -1.94. The van der Waals surface area contributed by atoms with Crippen molar-refractivity contribution in [1.29, 1.82) is 0 Å². The number of rotatable bonds is 2. The molecule has 0 saturated heterocycles. The van der Waals surface area contributed by atoms with Gasteiger partial charge in [0.2, 0.25) is 0 Å². The first-order valence-electron chi connectivity index (χ1n) is 11.0. The van der Waals surface area contributed by atoms with Gasteiger partial charge >= 0.3 is 0 Å². The topological polar surface area (TPSA) is 9.86 Å². The third-order valence-electron chi connectivity index (χ3n) is 6.55. The fourth-order valence-electron chi connectivity index (χ4n) is 5.15. The number of para-hydroxylation sites is 3. The van der Waals surface area contributed by atoms with Gasteiger partial charge in [-0.2, -0.15) is 0 Å². The molecule has 7 rings (SSSR count). The van der Waals surface area contributed by atoms with E-state index in [4.69, 9.17) is 0 Å². The van der Waals surface area contributed by atoms with Gasteiger partial charge in [0, 0.05) is 39.1 Å². The summed E-state index contributed by atoms with van der Waals surface area (Å²) in [6.45, 7) is 0. The molecule has 2 heteroatoms. The van der Waals surface area contributed by atoms with E-state index >= 15 is 0 Å². The Morgan fingerprint density at radius 2 is 0.969 bits per heavy atom. The molecule has 0 aliphatic rings. The van der Waals surface area contributed by atoms with Gasteiger partial charge < -0.3 is 9.13 Å². The van der Waals surface area contributed by atoms with Crippen LogP contribution in [0.3, 0.4) is 0 Å². The van der Waals surface area contributed by atoms with Crippen molar-refractivity contribution in [3.63, 3.8) is 0 Å². The summed E-state index contributed by atoms with van der Waals surface area (Å²) in [6, 6.07) is 41.3. The van der Waals surface area contributed by atoms with E-state index in [1.807, 2.05) is 0 Å². The predicted octanol–water partition coefficient (Wildman–Crippen LogP) is 7.88. The third-order valence-corrected chi connectivity index (χ3v) is 6.55. The fourth-order valence-corrected chi connectivity index (χ4v) is 5.15. The highest BCUT2D eigenvalue weighted by molar-refractivity contribution is 6.22. The highest BCUT2D eigenvalue weighted by atomic mass is 15.0. The van der Waals surface area contributed by atoms with E-state index in [1.54, 1.807) is 0 Å². The van der Waals surface area contributed by atoms with Crippen molar-refractivity contribution >= 4 is 43.5 Å². The lowest BCUT2D eigenvalue weighted by Gasteiger charge is -2.11. The molecular formula is C30H20N2. The average molecular weight is 409 g/mol. The molecule has 0 unspecified atom stereocenters. The summed E-state index contributed by atoms with van der Waals surface area (Å²) in [6.07, 6.45) is 2.18. The van der Waals surface area contributed by atoms with Crippen LogP contribution in [0.2, 0.25) is 0 Å². The Labute approximate surface area is 185 Å². The summed E-state index contributed by atoms with van der Waals surface area (Å²) in [7, 11) is 0. The monoisotopic (exact) mass is 408 g/mol. The first-order chi connectivity index (χ1) is 15.9. The number of benzene rings is 5. The van der Waals surface area contributed by atoms with Crippen molar-refractivity contribution in [1.82, 2.24) is 9.13 Å². The van der Waals surface area contributed by atoms with Crippen LogP contribution in [-0.2, 0) is 0 Å². The van der Waals surface area contributed by atoms with Crippen LogP contribution in [-0.4, -0.2) is 9.13 Å². The van der Waals surface area contributed by atoms with Crippen LogP contribution in [0.5, 0.6) is 0 Å². The zero-order valence-electron chi connectivity index (χ0n) is 17.4. The average Bonchev–Trinajstić information content (AvgIpc) is 3.45. The molecule has 0 saturated carbocycles. The van der Waals surface area contributed by atoms with E-state index in [1.165, 1.54) is 54.9 Å². The molecule has 0 atom stereocenters. The lowest BCUT2D eigenvalue weighted by molar-refractivity contribution is 1.13. The zero-order chi connectivity index (χ0) is 21.1. The van der Waals surface area contributed by atoms with E-state index in [0.29, 0.717) is 0 Å². The van der Waals surface area contributed by atoms with Gasteiger partial charge in [0.25, 0.3) is 0 Å². The SMILES string of the molecule is c1ccc(-n2ccc3c4ccc5c6ccccc6n(-c6ccccc6)c5c4ccc32)cc1. The molecule has 0 aliphatic heterocycles.